The summed E-state index contributed by atoms with van der Waals surface area (Å²) in [7, 11) is 0. The van der Waals surface area contributed by atoms with Gasteiger partial charge in [-0.15, -0.1) is 0 Å². The Morgan fingerprint density at radius 3 is 2.62 bits per heavy atom. The highest BCUT2D eigenvalue weighted by molar-refractivity contribution is 6.45. The van der Waals surface area contributed by atoms with Gasteiger partial charge in [-0.25, -0.2) is 4.79 Å². The average Bonchev–Trinajstić information content (AvgIpc) is 2.96. The first kappa shape index (κ1) is 16.1. The second kappa shape index (κ2) is 7.66. The van der Waals surface area contributed by atoms with Gasteiger partial charge in [0, 0.05) is 5.56 Å². The van der Waals surface area contributed by atoms with Crippen molar-refractivity contribution in [1.82, 2.24) is 0 Å². The van der Waals surface area contributed by atoms with Crippen molar-refractivity contribution in [3.63, 3.8) is 0 Å². The van der Waals surface area contributed by atoms with Gasteiger partial charge < -0.3 is 9.57 Å². The molecule has 0 heterocycles. The molecule has 0 aliphatic heterocycles. The molecule has 2 rings (SSSR count). The number of rotatable bonds is 5. The first-order valence-corrected chi connectivity index (χ1v) is 7.73. The maximum Gasteiger partial charge on any atom is 0.361 e. The molecule has 1 saturated carbocycles. The minimum atomic E-state index is -0.533. The van der Waals surface area contributed by atoms with E-state index in [1.807, 2.05) is 0 Å². The van der Waals surface area contributed by atoms with E-state index < -0.39 is 5.97 Å². The van der Waals surface area contributed by atoms with E-state index in [0.29, 0.717) is 15.6 Å². The van der Waals surface area contributed by atoms with Gasteiger partial charge in [0.15, 0.2) is 5.71 Å². The predicted octanol–water partition coefficient (Wildman–Crippen LogP) is 4.22. The van der Waals surface area contributed by atoms with Crippen LogP contribution in [-0.4, -0.2) is 24.4 Å². The third kappa shape index (κ3) is 4.35. The Kier molecular flexibility index (Phi) is 5.88. The molecular weight excluding hydrogens is 313 g/mol. The lowest BCUT2D eigenvalue weighted by Crippen LogP contribution is -2.20. The Labute approximate surface area is 134 Å². The smallest absolute Gasteiger partial charge is 0.361 e. The molecule has 114 valence electrons. The van der Waals surface area contributed by atoms with Crippen LogP contribution in [0.2, 0.25) is 10.0 Å². The van der Waals surface area contributed by atoms with Crippen LogP contribution in [0.5, 0.6) is 0 Å². The highest BCUT2D eigenvalue weighted by atomic mass is 35.5. The second-order valence-electron chi connectivity index (χ2n) is 4.80. The molecule has 0 bridgehead atoms. The quantitative estimate of drug-likeness (QED) is 0.461. The molecule has 0 amide bonds. The Hall–Kier alpha value is -1.26. The van der Waals surface area contributed by atoms with Crippen molar-refractivity contribution in [3.8, 4) is 0 Å². The van der Waals surface area contributed by atoms with E-state index >= 15 is 0 Å². The van der Waals surface area contributed by atoms with E-state index in [-0.39, 0.29) is 18.4 Å². The first-order valence-electron chi connectivity index (χ1n) is 6.98. The van der Waals surface area contributed by atoms with Crippen LogP contribution in [0, 0.1) is 0 Å². The van der Waals surface area contributed by atoms with Crippen LogP contribution in [-0.2, 0) is 14.4 Å². The minimum Gasteiger partial charge on any atom is -0.461 e. The van der Waals surface area contributed by atoms with Crippen LogP contribution < -0.4 is 0 Å². The van der Waals surface area contributed by atoms with Gasteiger partial charge in [0.25, 0.3) is 0 Å². The van der Waals surface area contributed by atoms with E-state index in [2.05, 4.69) is 5.16 Å². The molecule has 4 nitrogen and oxygen atoms in total. The Bertz CT molecular complexity index is 540. The van der Waals surface area contributed by atoms with Crippen molar-refractivity contribution in [2.45, 2.75) is 38.7 Å². The van der Waals surface area contributed by atoms with Crippen LogP contribution >= 0.6 is 23.2 Å². The maximum absolute atomic E-state index is 12.0. The van der Waals surface area contributed by atoms with Crippen LogP contribution in [0.1, 0.15) is 38.2 Å². The molecule has 1 aromatic rings. The van der Waals surface area contributed by atoms with Crippen LogP contribution in [0.25, 0.3) is 0 Å². The van der Waals surface area contributed by atoms with E-state index in [4.69, 9.17) is 32.8 Å². The number of ether oxygens (including phenoxy) is 1. The summed E-state index contributed by atoms with van der Waals surface area (Å²) in [5.74, 6) is -0.533. The highest BCUT2D eigenvalue weighted by Gasteiger charge is 2.21. The summed E-state index contributed by atoms with van der Waals surface area (Å²) < 4.78 is 5.02. The number of nitrogens with zero attached hydrogens (tertiary/aromatic N) is 1. The van der Waals surface area contributed by atoms with Crippen molar-refractivity contribution >= 4 is 34.9 Å². The Morgan fingerprint density at radius 1 is 1.29 bits per heavy atom. The third-order valence-electron chi connectivity index (χ3n) is 3.26. The zero-order valence-corrected chi connectivity index (χ0v) is 13.3. The lowest BCUT2D eigenvalue weighted by atomic mass is 10.1. The molecule has 0 radical (unpaired) electrons. The van der Waals surface area contributed by atoms with E-state index in [1.165, 1.54) is 0 Å². The molecule has 0 spiro atoms. The maximum atomic E-state index is 12.0. The Morgan fingerprint density at radius 2 is 2.00 bits per heavy atom. The van der Waals surface area contributed by atoms with Gasteiger partial charge >= 0.3 is 5.97 Å². The molecule has 0 unspecified atom stereocenters. The molecule has 1 aromatic carbocycles. The first-order chi connectivity index (χ1) is 10.1. The minimum absolute atomic E-state index is 0.0669. The third-order valence-corrected chi connectivity index (χ3v) is 4.00. The van der Waals surface area contributed by atoms with E-state index in [9.17, 15) is 4.79 Å². The normalized spacial score (nSPS) is 16.0. The summed E-state index contributed by atoms with van der Waals surface area (Å²) in [5, 5.41) is 4.78. The number of hydrogen-bond acceptors (Lipinski definition) is 4. The largest absolute Gasteiger partial charge is 0.461 e. The van der Waals surface area contributed by atoms with Crippen molar-refractivity contribution in [1.29, 1.82) is 0 Å². The summed E-state index contributed by atoms with van der Waals surface area (Å²) in [6.45, 7) is 2.00. The second-order valence-corrected chi connectivity index (χ2v) is 5.62. The lowest BCUT2D eigenvalue weighted by molar-refractivity contribution is -0.135. The molecule has 1 aliphatic rings. The number of benzene rings is 1. The molecule has 1 aliphatic carbocycles. The van der Waals surface area contributed by atoms with Crippen LogP contribution in [0.3, 0.4) is 0 Å². The van der Waals surface area contributed by atoms with E-state index in [0.717, 1.165) is 25.7 Å². The van der Waals surface area contributed by atoms with Crippen molar-refractivity contribution in [2.24, 2.45) is 5.16 Å². The van der Waals surface area contributed by atoms with Crippen LogP contribution in [0.4, 0.5) is 0 Å². The topological polar surface area (TPSA) is 47.9 Å². The predicted molar refractivity (Wildman–Crippen MR) is 83.0 cm³/mol. The fourth-order valence-corrected chi connectivity index (χ4v) is 2.47. The van der Waals surface area contributed by atoms with E-state index in [1.54, 1.807) is 25.1 Å². The SMILES string of the molecule is CCOC(=O)C(=NOC1CCCC1)c1ccc(Cl)c(Cl)c1. The number of carbonyl (C=O) groups is 1. The van der Waals surface area contributed by atoms with Gasteiger partial charge in [0.1, 0.15) is 6.10 Å². The van der Waals surface area contributed by atoms with Gasteiger partial charge in [0.05, 0.1) is 16.7 Å². The zero-order valence-electron chi connectivity index (χ0n) is 11.8. The molecule has 0 atom stereocenters. The fourth-order valence-electron chi connectivity index (χ4n) is 2.17. The molecule has 0 saturated heterocycles. The lowest BCUT2D eigenvalue weighted by Gasteiger charge is -2.10. The zero-order chi connectivity index (χ0) is 15.2. The average molecular weight is 330 g/mol. The summed E-state index contributed by atoms with van der Waals surface area (Å²) in [6.07, 6.45) is 4.24. The number of hydrogen-bond donors (Lipinski definition) is 0. The number of halogens is 2. The molecule has 0 N–H and O–H groups in total. The number of oxime groups is 1. The summed E-state index contributed by atoms with van der Waals surface area (Å²) in [6, 6.07) is 4.86. The fraction of sp³-hybridized carbons (Fsp3) is 0.467. The van der Waals surface area contributed by atoms with Gasteiger partial charge in [-0.05, 0) is 44.7 Å². The molecule has 6 heteroatoms. The summed E-state index contributed by atoms with van der Waals surface area (Å²) >= 11 is 11.9. The molecule has 21 heavy (non-hydrogen) atoms. The van der Waals surface area contributed by atoms with Gasteiger partial charge in [0.2, 0.25) is 0 Å². The van der Waals surface area contributed by atoms with Crippen molar-refractivity contribution in [2.75, 3.05) is 6.61 Å². The van der Waals surface area contributed by atoms with Gasteiger partial charge in [-0.3, -0.25) is 0 Å². The number of carbonyl (C=O) groups excluding carboxylic acids is 1. The van der Waals surface area contributed by atoms with Crippen LogP contribution in [0.15, 0.2) is 23.4 Å². The van der Waals surface area contributed by atoms with Gasteiger partial charge in [-0.2, -0.15) is 0 Å². The highest BCUT2D eigenvalue weighted by Crippen LogP contribution is 2.24. The monoisotopic (exact) mass is 329 g/mol. The Balaban J connectivity index is 2.23. The molecule has 0 aromatic heterocycles. The van der Waals surface area contributed by atoms with Crippen molar-refractivity contribution < 1.29 is 14.4 Å². The van der Waals surface area contributed by atoms with Gasteiger partial charge in [-0.1, -0.05) is 34.4 Å². The molecule has 1 fully saturated rings. The summed E-state index contributed by atoms with van der Waals surface area (Å²) in [4.78, 5) is 17.5. The standard InChI is InChI=1S/C15H17Cl2NO3/c1-2-20-15(19)14(18-21-11-5-3-4-6-11)10-7-8-12(16)13(17)9-10/h7-9,11H,2-6H2,1H3. The van der Waals surface area contributed by atoms with Crippen molar-refractivity contribution in [3.05, 3.63) is 33.8 Å². The molecular formula is C15H17Cl2NO3. The number of esters is 1. The summed E-state index contributed by atoms with van der Waals surface area (Å²) in [5.41, 5.74) is 0.642.